The molecule has 1 aromatic rings. The van der Waals surface area contributed by atoms with Crippen LogP contribution in [-0.4, -0.2) is 37.2 Å². The molecule has 2 rings (SSSR count). The van der Waals surface area contributed by atoms with E-state index in [0.717, 1.165) is 5.69 Å². The first kappa shape index (κ1) is 13.9. The van der Waals surface area contributed by atoms with E-state index in [4.69, 9.17) is 4.74 Å². The predicted molar refractivity (Wildman–Crippen MR) is 76.6 cm³/mol. The van der Waals surface area contributed by atoms with Crippen LogP contribution in [0.5, 0.6) is 0 Å². The topological polar surface area (TPSA) is 41.6 Å². The fourth-order valence-electron chi connectivity index (χ4n) is 2.02. The third-order valence-corrected chi connectivity index (χ3v) is 3.30. The molecule has 1 N–H and O–H groups in total. The molecule has 0 unspecified atom stereocenters. The van der Waals surface area contributed by atoms with Crippen LogP contribution in [0.4, 0.5) is 10.5 Å². The standard InChI is InChI=1S/C15H22N2O2/c1-15(2,3)12-4-6-13(7-5-12)16-14(18)17-8-10-19-11-9-17/h4-7H,8-11H2,1-3H3,(H,16,18). The Labute approximate surface area is 114 Å². The van der Waals surface area contributed by atoms with Crippen LogP contribution in [0, 0.1) is 0 Å². The van der Waals surface area contributed by atoms with Crippen LogP contribution in [0.2, 0.25) is 0 Å². The predicted octanol–water partition coefficient (Wildman–Crippen LogP) is 2.85. The molecule has 1 aliphatic heterocycles. The highest BCUT2D eigenvalue weighted by Gasteiger charge is 2.17. The van der Waals surface area contributed by atoms with E-state index >= 15 is 0 Å². The van der Waals surface area contributed by atoms with Gasteiger partial charge < -0.3 is 15.0 Å². The maximum absolute atomic E-state index is 12.0. The lowest BCUT2D eigenvalue weighted by atomic mass is 9.87. The molecule has 4 heteroatoms. The number of anilines is 1. The van der Waals surface area contributed by atoms with Crippen molar-refractivity contribution in [3.63, 3.8) is 0 Å². The van der Waals surface area contributed by atoms with E-state index in [1.807, 2.05) is 12.1 Å². The van der Waals surface area contributed by atoms with Crippen LogP contribution in [0.1, 0.15) is 26.3 Å². The Balaban J connectivity index is 1.97. The number of rotatable bonds is 1. The van der Waals surface area contributed by atoms with Gasteiger partial charge in [-0.25, -0.2) is 4.79 Å². The highest BCUT2D eigenvalue weighted by atomic mass is 16.5. The normalized spacial score (nSPS) is 16.3. The van der Waals surface area contributed by atoms with Crippen LogP contribution in [0.15, 0.2) is 24.3 Å². The number of urea groups is 1. The van der Waals surface area contributed by atoms with Gasteiger partial charge in [-0.2, -0.15) is 0 Å². The fraction of sp³-hybridized carbons (Fsp3) is 0.533. The second kappa shape index (κ2) is 5.61. The molecular formula is C15H22N2O2. The second-order valence-electron chi connectivity index (χ2n) is 5.86. The summed E-state index contributed by atoms with van der Waals surface area (Å²) in [5.74, 6) is 0. The number of hydrogen-bond acceptors (Lipinski definition) is 2. The summed E-state index contributed by atoms with van der Waals surface area (Å²) in [7, 11) is 0. The Morgan fingerprint density at radius 3 is 2.26 bits per heavy atom. The van der Waals surface area contributed by atoms with Gasteiger partial charge in [0.25, 0.3) is 0 Å². The molecule has 0 bridgehead atoms. The van der Waals surface area contributed by atoms with Gasteiger partial charge >= 0.3 is 6.03 Å². The van der Waals surface area contributed by atoms with Gasteiger partial charge in [0.15, 0.2) is 0 Å². The van der Waals surface area contributed by atoms with Crippen molar-refractivity contribution >= 4 is 11.7 Å². The Morgan fingerprint density at radius 1 is 1.16 bits per heavy atom. The van der Waals surface area contributed by atoms with Crippen LogP contribution in [0.3, 0.4) is 0 Å². The fourth-order valence-corrected chi connectivity index (χ4v) is 2.02. The number of carbonyl (C=O) groups is 1. The van der Waals surface area contributed by atoms with Crippen molar-refractivity contribution in [1.82, 2.24) is 4.90 Å². The van der Waals surface area contributed by atoms with Gasteiger partial charge in [-0.15, -0.1) is 0 Å². The first-order valence-electron chi connectivity index (χ1n) is 6.71. The van der Waals surface area contributed by atoms with E-state index in [1.54, 1.807) is 4.90 Å². The van der Waals surface area contributed by atoms with E-state index in [9.17, 15) is 4.79 Å². The largest absolute Gasteiger partial charge is 0.378 e. The molecule has 1 aromatic carbocycles. The molecule has 19 heavy (non-hydrogen) atoms. The van der Waals surface area contributed by atoms with E-state index in [-0.39, 0.29) is 11.4 Å². The lowest BCUT2D eigenvalue weighted by molar-refractivity contribution is 0.0564. The Morgan fingerprint density at radius 2 is 1.74 bits per heavy atom. The number of amides is 2. The zero-order valence-electron chi connectivity index (χ0n) is 11.9. The lowest BCUT2D eigenvalue weighted by Gasteiger charge is -2.27. The van der Waals surface area contributed by atoms with E-state index in [1.165, 1.54) is 5.56 Å². The van der Waals surface area contributed by atoms with Gasteiger partial charge in [-0.05, 0) is 23.1 Å². The van der Waals surface area contributed by atoms with Crippen molar-refractivity contribution in [3.8, 4) is 0 Å². The van der Waals surface area contributed by atoms with Crippen molar-refractivity contribution in [3.05, 3.63) is 29.8 Å². The van der Waals surface area contributed by atoms with Crippen LogP contribution >= 0.6 is 0 Å². The maximum Gasteiger partial charge on any atom is 0.321 e. The summed E-state index contributed by atoms with van der Waals surface area (Å²) in [4.78, 5) is 13.8. The Bertz CT molecular complexity index is 428. The highest BCUT2D eigenvalue weighted by molar-refractivity contribution is 5.89. The monoisotopic (exact) mass is 262 g/mol. The van der Waals surface area contributed by atoms with E-state index in [0.29, 0.717) is 26.3 Å². The molecule has 4 nitrogen and oxygen atoms in total. The maximum atomic E-state index is 12.0. The number of benzene rings is 1. The average Bonchev–Trinajstić information content (AvgIpc) is 2.39. The zero-order valence-corrected chi connectivity index (χ0v) is 11.9. The number of ether oxygens (including phenoxy) is 1. The number of nitrogens with one attached hydrogen (secondary N) is 1. The van der Waals surface area contributed by atoms with Gasteiger partial charge in [0.2, 0.25) is 0 Å². The number of hydrogen-bond donors (Lipinski definition) is 1. The van der Waals surface area contributed by atoms with E-state index in [2.05, 4.69) is 38.2 Å². The molecule has 0 aromatic heterocycles. The third kappa shape index (κ3) is 3.70. The number of nitrogens with zero attached hydrogens (tertiary/aromatic N) is 1. The molecule has 0 atom stereocenters. The number of morpholine rings is 1. The minimum atomic E-state index is -0.0493. The van der Waals surface area contributed by atoms with Crippen molar-refractivity contribution in [1.29, 1.82) is 0 Å². The summed E-state index contributed by atoms with van der Waals surface area (Å²) in [5, 5.41) is 2.92. The first-order chi connectivity index (χ1) is 8.97. The summed E-state index contributed by atoms with van der Waals surface area (Å²) in [6.45, 7) is 9.08. The van der Waals surface area contributed by atoms with Crippen molar-refractivity contribution < 1.29 is 9.53 Å². The second-order valence-corrected chi connectivity index (χ2v) is 5.86. The molecule has 2 amide bonds. The summed E-state index contributed by atoms with van der Waals surface area (Å²) < 4.78 is 5.23. The molecular weight excluding hydrogens is 240 g/mol. The molecule has 0 aliphatic carbocycles. The summed E-state index contributed by atoms with van der Waals surface area (Å²) in [6, 6.07) is 7.99. The zero-order chi connectivity index (χ0) is 13.9. The summed E-state index contributed by atoms with van der Waals surface area (Å²) >= 11 is 0. The van der Waals surface area contributed by atoms with Crippen molar-refractivity contribution in [2.75, 3.05) is 31.6 Å². The van der Waals surface area contributed by atoms with Crippen LogP contribution < -0.4 is 5.32 Å². The molecule has 1 fully saturated rings. The van der Waals surface area contributed by atoms with Gasteiger partial charge in [0.05, 0.1) is 13.2 Å². The Kier molecular flexibility index (Phi) is 4.10. The van der Waals surface area contributed by atoms with Gasteiger partial charge in [0, 0.05) is 18.8 Å². The smallest absolute Gasteiger partial charge is 0.321 e. The summed E-state index contributed by atoms with van der Waals surface area (Å²) in [5.41, 5.74) is 2.23. The van der Waals surface area contributed by atoms with Gasteiger partial charge in [-0.1, -0.05) is 32.9 Å². The lowest BCUT2D eigenvalue weighted by Crippen LogP contribution is -2.43. The molecule has 0 spiro atoms. The first-order valence-corrected chi connectivity index (χ1v) is 6.71. The van der Waals surface area contributed by atoms with Crippen molar-refractivity contribution in [2.24, 2.45) is 0 Å². The third-order valence-electron chi connectivity index (χ3n) is 3.30. The molecule has 1 heterocycles. The molecule has 104 valence electrons. The van der Waals surface area contributed by atoms with E-state index < -0.39 is 0 Å². The minimum Gasteiger partial charge on any atom is -0.378 e. The van der Waals surface area contributed by atoms with Crippen LogP contribution in [-0.2, 0) is 10.2 Å². The quantitative estimate of drug-likeness (QED) is 0.845. The SMILES string of the molecule is CC(C)(C)c1ccc(NC(=O)N2CCOCC2)cc1. The molecule has 0 saturated carbocycles. The molecule has 1 saturated heterocycles. The Hall–Kier alpha value is -1.55. The number of carbonyl (C=O) groups excluding carboxylic acids is 1. The molecule has 0 radical (unpaired) electrons. The van der Waals surface area contributed by atoms with Crippen LogP contribution in [0.25, 0.3) is 0 Å². The minimum absolute atomic E-state index is 0.0493. The highest BCUT2D eigenvalue weighted by Crippen LogP contribution is 2.23. The average molecular weight is 262 g/mol. The van der Waals surface area contributed by atoms with Gasteiger partial charge in [0.1, 0.15) is 0 Å². The van der Waals surface area contributed by atoms with Gasteiger partial charge in [-0.3, -0.25) is 0 Å². The molecule has 1 aliphatic rings. The summed E-state index contributed by atoms with van der Waals surface area (Å²) in [6.07, 6.45) is 0. The van der Waals surface area contributed by atoms with Crippen molar-refractivity contribution in [2.45, 2.75) is 26.2 Å².